The zero-order valence-corrected chi connectivity index (χ0v) is 17.3. The zero-order chi connectivity index (χ0) is 20.5. The van der Waals surface area contributed by atoms with Gasteiger partial charge in [-0.15, -0.1) is 0 Å². The molecule has 0 aliphatic carbocycles. The lowest BCUT2D eigenvalue weighted by molar-refractivity contribution is 0.102. The number of anilines is 1. The molecule has 0 atom stereocenters. The maximum absolute atomic E-state index is 13.2. The van der Waals surface area contributed by atoms with Gasteiger partial charge in [-0.25, -0.2) is 4.98 Å². The highest BCUT2D eigenvalue weighted by atomic mass is 35.5. The quantitative estimate of drug-likeness (QED) is 0.414. The van der Waals surface area contributed by atoms with Crippen LogP contribution < -0.4 is 5.32 Å². The standard InChI is InChI=1S/C25H21ClN2O/c1-15-7-9-18(10-8-15)23-14-22(21-12-16(2)11-17(3)24(21)28-23)25(29)27-20-6-4-5-19(26)13-20/h4-14H,1-3H3,(H,27,29). The van der Waals surface area contributed by atoms with Crippen molar-refractivity contribution >= 4 is 34.1 Å². The van der Waals surface area contributed by atoms with E-state index in [-0.39, 0.29) is 5.91 Å². The van der Waals surface area contributed by atoms with E-state index in [0.29, 0.717) is 16.3 Å². The molecule has 3 nitrogen and oxygen atoms in total. The molecule has 29 heavy (non-hydrogen) atoms. The molecule has 1 heterocycles. The molecule has 144 valence electrons. The van der Waals surface area contributed by atoms with Gasteiger partial charge in [0.2, 0.25) is 0 Å². The molecule has 1 amide bonds. The lowest BCUT2D eigenvalue weighted by atomic mass is 9.99. The summed E-state index contributed by atoms with van der Waals surface area (Å²) in [5.41, 5.74) is 7.17. The van der Waals surface area contributed by atoms with Crippen LogP contribution in [-0.2, 0) is 0 Å². The second-order valence-electron chi connectivity index (χ2n) is 7.36. The fourth-order valence-corrected chi connectivity index (χ4v) is 3.70. The van der Waals surface area contributed by atoms with Crippen molar-refractivity contribution in [1.29, 1.82) is 0 Å². The van der Waals surface area contributed by atoms with Gasteiger partial charge >= 0.3 is 0 Å². The number of amides is 1. The molecule has 0 bridgehead atoms. The third-order valence-corrected chi connectivity index (χ3v) is 5.16. The number of benzene rings is 3. The van der Waals surface area contributed by atoms with Crippen molar-refractivity contribution in [2.75, 3.05) is 5.32 Å². The number of hydrogen-bond donors (Lipinski definition) is 1. The molecule has 0 unspecified atom stereocenters. The summed E-state index contributed by atoms with van der Waals surface area (Å²) in [4.78, 5) is 18.1. The minimum absolute atomic E-state index is 0.182. The van der Waals surface area contributed by atoms with Gasteiger partial charge < -0.3 is 5.32 Å². The number of aromatic nitrogens is 1. The van der Waals surface area contributed by atoms with Gasteiger partial charge in [0.1, 0.15) is 0 Å². The number of carbonyl (C=O) groups excluding carboxylic acids is 1. The van der Waals surface area contributed by atoms with Gasteiger partial charge in [0.05, 0.1) is 16.8 Å². The molecular weight excluding hydrogens is 380 g/mol. The Morgan fingerprint density at radius 2 is 1.66 bits per heavy atom. The minimum atomic E-state index is -0.182. The van der Waals surface area contributed by atoms with Crippen molar-refractivity contribution in [2.45, 2.75) is 20.8 Å². The molecule has 0 saturated heterocycles. The number of nitrogens with one attached hydrogen (secondary N) is 1. The first-order valence-electron chi connectivity index (χ1n) is 9.47. The van der Waals surface area contributed by atoms with Gasteiger partial charge in [-0.1, -0.05) is 59.1 Å². The normalized spacial score (nSPS) is 10.9. The fraction of sp³-hybridized carbons (Fsp3) is 0.120. The second-order valence-corrected chi connectivity index (χ2v) is 7.80. The Morgan fingerprint density at radius 1 is 0.897 bits per heavy atom. The first-order chi connectivity index (χ1) is 13.9. The van der Waals surface area contributed by atoms with Gasteiger partial charge in [0.15, 0.2) is 0 Å². The Morgan fingerprint density at radius 3 is 2.38 bits per heavy atom. The van der Waals surface area contributed by atoms with Crippen molar-refractivity contribution in [3.05, 3.63) is 94.0 Å². The summed E-state index contributed by atoms with van der Waals surface area (Å²) in [5, 5.41) is 4.39. The summed E-state index contributed by atoms with van der Waals surface area (Å²) in [6.07, 6.45) is 0. The van der Waals surface area contributed by atoms with E-state index >= 15 is 0 Å². The SMILES string of the molecule is Cc1ccc(-c2cc(C(=O)Nc3cccc(Cl)c3)c3cc(C)cc(C)c3n2)cc1. The van der Waals surface area contributed by atoms with Crippen LogP contribution in [0, 0.1) is 20.8 Å². The molecule has 0 fully saturated rings. The number of rotatable bonds is 3. The van der Waals surface area contributed by atoms with Crippen molar-refractivity contribution in [3.8, 4) is 11.3 Å². The molecule has 1 aromatic heterocycles. The van der Waals surface area contributed by atoms with Crippen LogP contribution in [0.2, 0.25) is 5.02 Å². The lowest BCUT2D eigenvalue weighted by Gasteiger charge is -2.13. The van der Waals surface area contributed by atoms with Crippen LogP contribution in [-0.4, -0.2) is 10.9 Å². The molecule has 0 saturated carbocycles. The fourth-order valence-electron chi connectivity index (χ4n) is 3.51. The molecule has 0 radical (unpaired) electrons. The largest absolute Gasteiger partial charge is 0.322 e. The summed E-state index contributed by atoms with van der Waals surface area (Å²) in [5.74, 6) is -0.182. The maximum Gasteiger partial charge on any atom is 0.256 e. The first-order valence-corrected chi connectivity index (χ1v) is 9.84. The van der Waals surface area contributed by atoms with Crippen LogP contribution in [0.4, 0.5) is 5.69 Å². The minimum Gasteiger partial charge on any atom is -0.322 e. The molecular formula is C25H21ClN2O. The molecule has 0 spiro atoms. The molecule has 4 heteroatoms. The van der Waals surface area contributed by atoms with Crippen LogP contribution in [0.5, 0.6) is 0 Å². The monoisotopic (exact) mass is 400 g/mol. The van der Waals surface area contributed by atoms with Crippen molar-refractivity contribution in [3.63, 3.8) is 0 Å². The summed E-state index contributed by atoms with van der Waals surface area (Å²) in [6.45, 7) is 6.10. The number of nitrogens with zero attached hydrogens (tertiary/aromatic N) is 1. The molecule has 0 aliphatic rings. The van der Waals surface area contributed by atoms with Gasteiger partial charge in [0.25, 0.3) is 5.91 Å². The van der Waals surface area contributed by atoms with Gasteiger partial charge in [-0.3, -0.25) is 4.79 Å². The molecule has 4 aromatic rings. The number of carbonyl (C=O) groups is 1. The number of pyridine rings is 1. The third kappa shape index (κ3) is 4.01. The first kappa shape index (κ1) is 19.2. The van der Waals surface area contributed by atoms with Crippen LogP contribution >= 0.6 is 11.6 Å². The Bertz CT molecular complexity index is 1230. The summed E-state index contributed by atoms with van der Waals surface area (Å²) >= 11 is 6.07. The predicted molar refractivity (Wildman–Crippen MR) is 121 cm³/mol. The van der Waals surface area contributed by atoms with E-state index in [1.54, 1.807) is 12.1 Å². The van der Waals surface area contributed by atoms with Crippen LogP contribution in [0.1, 0.15) is 27.0 Å². The van der Waals surface area contributed by atoms with E-state index in [2.05, 4.69) is 23.5 Å². The summed E-state index contributed by atoms with van der Waals surface area (Å²) in [7, 11) is 0. The average Bonchev–Trinajstić information content (AvgIpc) is 2.68. The highest BCUT2D eigenvalue weighted by molar-refractivity contribution is 6.31. The topological polar surface area (TPSA) is 42.0 Å². The van der Waals surface area contributed by atoms with Gasteiger partial charge in [-0.05, 0) is 56.7 Å². The molecule has 1 N–H and O–H groups in total. The van der Waals surface area contributed by atoms with Crippen molar-refractivity contribution in [2.24, 2.45) is 0 Å². The average molecular weight is 401 g/mol. The van der Waals surface area contributed by atoms with E-state index in [4.69, 9.17) is 16.6 Å². The van der Waals surface area contributed by atoms with E-state index in [1.165, 1.54) is 5.56 Å². The van der Waals surface area contributed by atoms with Crippen LogP contribution in [0.15, 0.2) is 66.7 Å². The van der Waals surface area contributed by atoms with Crippen molar-refractivity contribution in [1.82, 2.24) is 4.98 Å². The number of hydrogen-bond acceptors (Lipinski definition) is 2. The van der Waals surface area contributed by atoms with Gasteiger partial charge in [-0.2, -0.15) is 0 Å². The summed E-state index contributed by atoms with van der Waals surface area (Å²) < 4.78 is 0. The number of halogens is 1. The maximum atomic E-state index is 13.2. The molecule has 0 aliphatic heterocycles. The highest BCUT2D eigenvalue weighted by Gasteiger charge is 2.16. The zero-order valence-electron chi connectivity index (χ0n) is 16.6. The molecule has 3 aromatic carbocycles. The molecule has 4 rings (SSSR count). The second kappa shape index (κ2) is 7.69. The lowest BCUT2D eigenvalue weighted by Crippen LogP contribution is -2.13. The number of aryl methyl sites for hydroxylation is 3. The Balaban J connectivity index is 1.88. The Labute approximate surface area is 175 Å². The van der Waals surface area contributed by atoms with E-state index in [1.807, 2.05) is 57.2 Å². The Hall–Kier alpha value is -3.17. The number of fused-ring (bicyclic) bond motifs is 1. The van der Waals surface area contributed by atoms with E-state index in [9.17, 15) is 4.79 Å². The third-order valence-electron chi connectivity index (χ3n) is 4.92. The van der Waals surface area contributed by atoms with E-state index in [0.717, 1.165) is 33.3 Å². The van der Waals surface area contributed by atoms with Crippen LogP contribution in [0.25, 0.3) is 22.2 Å². The Kier molecular flexibility index (Phi) is 5.08. The smallest absolute Gasteiger partial charge is 0.256 e. The van der Waals surface area contributed by atoms with Crippen molar-refractivity contribution < 1.29 is 4.79 Å². The predicted octanol–water partition coefficient (Wildman–Crippen LogP) is 6.73. The summed E-state index contributed by atoms with van der Waals surface area (Å²) in [6, 6.07) is 21.3. The van der Waals surface area contributed by atoms with Crippen LogP contribution in [0.3, 0.4) is 0 Å². The highest BCUT2D eigenvalue weighted by Crippen LogP contribution is 2.29. The van der Waals surface area contributed by atoms with Gasteiger partial charge in [0, 0.05) is 21.7 Å². The van der Waals surface area contributed by atoms with E-state index < -0.39 is 0 Å².